The van der Waals surface area contributed by atoms with Crippen molar-refractivity contribution in [2.24, 2.45) is 0 Å². The van der Waals surface area contributed by atoms with Crippen LogP contribution in [0.4, 0.5) is 18.9 Å². The molecule has 0 atom stereocenters. The van der Waals surface area contributed by atoms with Crippen molar-refractivity contribution >= 4 is 28.5 Å². The summed E-state index contributed by atoms with van der Waals surface area (Å²) >= 11 is 0. The van der Waals surface area contributed by atoms with Crippen LogP contribution in [0.1, 0.15) is 34.1 Å². The van der Waals surface area contributed by atoms with Gasteiger partial charge in [-0.1, -0.05) is 37.3 Å². The highest BCUT2D eigenvalue weighted by atomic mass is 19.4. The molecule has 0 aliphatic carbocycles. The van der Waals surface area contributed by atoms with Gasteiger partial charge in [-0.25, -0.2) is 4.79 Å². The zero-order chi connectivity index (χ0) is 21.9. The molecule has 1 aromatic heterocycles. The summed E-state index contributed by atoms with van der Waals surface area (Å²) in [7, 11) is 0. The Bertz CT molecular complexity index is 1110. The van der Waals surface area contributed by atoms with E-state index >= 15 is 0 Å². The van der Waals surface area contributed by atoms with E-state index in [0.717, 1.165) is 17.8 Å². The van der Waals surface area contributed by atoms with Crippen LogP contribution in [0.2, 0.25) is 0 Å². The van der Waals surface area contributed by atoms with Crippen molar-refractivity contribution in [3.63, 3.8) is 0 Å². The fraction of sp³-hybridized carbons (Fsp3) is 0.227. The van der Waals surface area contributed by atoms with Crippen molar-refractivity contribution in [2.75, 3.05) is 11.9 Å². The van der Waals surface area contributed by atoms with Crippen LogP contribution in [0.5, 0.6) is 0 Å². The third-order valence-corrected chi connectivity index (χ3v) is 4.62. The topological polar surface area (TPSA) is 68.3 Å². The van der Waals surface area contributed by atoms with E-state index in [1.165, 1.54) is 12.1 Å². The number of hydrogen-bond donors (Lipinski definition) is 1. The van der Waals surface area contributed by atoms with Crippen molar-refractivity contribution in [3.05, 3.63) is 70.9 Å². The number of carbonyl (C=O) groups is 2. The van der Waals surface area contributed by atoms with Gasteiger partial charge in [-0.2, -0.15) is 13.2 Å². The first-order valence-corrected chi connectivity index (χ1v) is 9.23. The van der Waals surface area contributed by atoms with Crippen LogP contribution in [0, 0.1) is 6.92 Å². The maximum Gasteiger partial charge on any atom is 0.418 e. The molecule has 3 rings (SSSR count). The Morgan fingerprint density at radius 2 is 1.73 bits per heavy atom. The number of pyridine rings is 1. The lowest BCUT2D eigenvalue weighted by molar-refractivity contribution is -0.137. The number of para-hydroxylation sites is 2. The summed E-state index contributed by atoms with van der Waals surface area (Å²) in [4.78, 5) is 29.4. The van der Waals surface area contributed by atoms with E-state index < -0.39 is 35.9 Å². The van der Waals surface area contributed by atoms with Crippen molar-refractivity contribution in [1.29, 1.82) is 0 Å². The molecule has 0 fully saturated rings. The van der Waals surface area contributed by atoms with Gasteiger partial charge in [0, 0.05) is 11.1 Å². The Morgan fingerprint density at radius 1 is 1.07 bits per heavy atom. The molecule has 0 aliphatic heterocycles. The zero-order valence-electron chi connectivity index (χ0n) is 16.3. The summed E-state index contributed by atoms with van der Waals surface area (Å²) < 4.78 is 44.3. The zero-order valence-corrected chi connectivity index (χ0v) is 16.3. The maximum atomic E-state index is 13.1. The molecule has 1 amide bonds. The third-order valence-electron chi connectivity index (χ3n) is 4.62. The lowest BCUT2D eigenvalue weighted by Crippen LogP contribution is -2.23. The highest BCUT2D eigenvalue weighted by Crippen LogP contribution is 2.34. The molecule has 8 heteroatoms. The minimum absolute atomic E-state index is 0.293. The number of aryl methyl sites for hydroxylation is 1. The van der Waals surface area contributed by atoms with Gasteiger partial charge in [0.05, 0.1) is 22.3 Å². The summed E-state index contributed by atoms with van der Waals surface area (Å²) in [6.07, 6.45) is -4.02. The number of benzene rings is 2. The first-order chi connectivity index (χ1) is 14.2. The highest BCUT2D eigenvalue weighted by molar-refractivity contribution is 6.06. The van der Waals surface area contributed by atoms with Crippen LogP contribution < -0.4 is 5.32 Å². The second kappa shape index (κ2) is 8.52. The fourth-order valence-electron chi connectivity index (χ4n) is 3.19. The number of carbonyl (C=O) groups excluding carboxylic acids is 2. The molecular formula is C22H19F3N2O3. The number of nitrogens with one attached hydrogen (secondary N) is 1. The fourth-order valence-corrected chi connectivity index (χ4v) is 3.19. The van der Waals surface area contributed by atoms with E-state index in [-0.39, 0.29) is 0 Å². The first-order valence-electron chi connectivity index (χ1n) is 9.23. The number of alkyl halides is 3. The molecule has 0 aliphatic rings. The molecule has 3 aromatic rings. The SMILES string of the molecule is CCc1nc2ccccc2c(C(=O)OCC(=O)Nc2ccccc2C(F)(F)F)c1C. The molecule has 0 spiro atoms. The molecule has 0 radical (unpaired) electrons. The molecule has 0 saturated heterocycles. The van der Waals surface area contributed by atoms with Gasteiger partial charge in [-0.15, -0.1) is 0 Å². The molecule has 5 nitrogen and oxygen atoms in total. The van der Waals surface area contributed by atoms with Crippen molar-refractivity contribution in [1.82, 2.24) is 4.98 Å². The summed E-state index contributed by atoms with van der Waals surface area (Å²) in [5, 5.41) is 2.73. The second-order valence-electron chi connectivity index (χ2n) is 6.60. The first kappa shape index (κ1) is 21.3. The van der Waals surface area contributed by atoms with Gasteiger partial charge in [0.1, 0.15) is 0 Å². The Hall–Kier alpha value is -3.42. The number of hydrogen-bond acceptors (Lipinski definition) is 4. The smallest absolute Gasteiger partial charge is 0.418 e. The van der Waals surface area contributed by atoms with Gasteiger partial charge in [-0.3, -0.25) is 9.78 Å². The predicted octanol–water partition coefficient (Wildman–Crippen LogP) is 4.92. The number of aromatic nitrogens is 1. The van der Waals surface area contributed by atoms with Crippen LogP contribution in [-0.2, 0) is 22.1 Å². The molecule has 1 heterocycles. The van der Waals surface area contributed by atoms with Crippen LogP contribution in [-0.4, -0.2) is 23.5 Å². The van der Waals surface area contributed by atoms with Crippen molar-refractivity contribution < 1.29 is 27.5 Å². The quantitative estimate of drug-likeness (QED) is 0.600. The molecule has 156 valence electrons. The van der Waals surface area contributed by atoms with Gasteiger partial charge in [0.2, 0.25) is 0 Å². The molecule has 0 unspecified atom stereocenters. The van der Waals surface area contributed by atoms with Gasteiger partial charge >= 0.3 is 12.1 Å². The molecule has 0 bridgehead atoms. The van der Waals surface area contributed by atoms with Crippen LogP contribution in [0.15, 0.2) is 48.5 Å². The van der Waals surface area contributed by atoms with Crippen LogP contribution in [0.25, 0.3) is 10.9 Å². The molecule has 2 aromatic carbocycles. The number of halogens is 3. The molecule has 30 heavy (non-hydrogen) atoms. The minimum Gasteiger partial charge on any atom is -0.452 e. The average Bonchev–Trinajstić information content (AvgIpc) is 2.71. The number of anilines is 1. The van der Waals surface area contributed by atoms with Gasteiger partial charge < -0.3 is 10.1 Å². The largest absolute Gasteiger partial charge is 0.452 e. The third kappa shape index (κ3) is 4.42. The van der Waals surface area contributed by atoms with Gasteiger partial charge in [-0.05, 0) is 37.1 Å². The number of esters is 1. The minimum atomic E-state index is -4.62. The van der Waals surface area contributed by atoms with Crippen LogP contribution >= 0.6 is 0 Å². The summed E-state index contributed by atoms with van der Waals surface area (Å²) in [6.45, 7) is 2.93. The van der Waals surface area contributed by atoms with E-state index in [0.29, 0.717) is 28.5 Å². The molecular weight excluding hydrogens is 397 g/mol. The number of nitrogens with zero attached hydrogens (tertiary/aromatic N) is 1. The van der Waals surface area contributed by atoms with E-state index in [9.17, 15) is 22.8 Å². The number of rotatable bonds is 5. The number of ether oxygens (including phenoxy) is 1. The highest BCUT2D eigenvalue weighted by Gasteiger charge is 2.33. The second-order valence-corrected chi connectivity index (χ2v) is 6.60. The molecule has 0 saturated carbocycles. The Kier molecular flexibility index (Phi) is 6.05. The van der Waals surface area contributed by atoms with Gasteiger partial charge in [0.25, 0.3) is 5.91 Å². The van der Waals surface area contributed by atoms with Crippen LogP contribution in [0.3, 0.4) is 0 Å². The van der Waals surface area contributed by atoms with Crippen molar-refractivity contribution in [3.8, 4) is 0 Å². The summed E-state index contributed by atoms with van der Waals surface area (Å²) in [5.41, 5.74) is 0.905. The average molecular weight is 416 g/mol. The van der Waals surface area contributed by atoms with Gasteiger partial charge in [0.15, 0.2) is 6.61 Å². The Balaban J connectivity index is 1.79. The van der Waals surface area contributed by atoms with E-state index in [1.54, 1.807) is 31.2 Å². The number of fused-ring (bicyclic) bond motifs is 1. The standard InChI is InChI=1S/C22H19F3N2O3/c1-3-16-13(2)20(14-8-4-6-10-17(14)26-16)21(29)30-12-19(28)27-18-11-7-5-9-15(18)22(23,24)25/h4-11H,3,12H2,1-2H3,(H,27,28). The van der Waals surface area contributed by atoms with E-state index in [4.69, 9.17) is 4.74 Å². The maximum absolute atomic E-state index is 13.1. The normalized spacial score (nSPS) is 11.4. The Labute approximate surface area is 170 Å². The summed E-state index contributed by atoms with van der Waals surface area (Å²) in [5.74, 6) is -1.60. The number of amides is 1. The van der Waals surface area contributed by atoms with Crippen molar-refractivity contribution in [2.45, 2.75) is 26.4 Å². The lowest BCUT2D eigenvalue weighted by Gasteiger charge is -2.15. The van der Waals surface area contributed by atoms with E-state index in [1.807, 2.05) is 6.92 Å². The monoisotopic (exact) mass is 416 g/mol. The lowest BCUT2D eigenvalue weighted by atomic mass is 10.0. The summed E-state index contributed by atoms with van der Waals surface area (Å²) in [6, 6.07) is 11.6. The molecule has 1 N–H and O–H groups in total. The van der Waals surface area contributed by atoms with E-state index in [2.05, 4.69) is 10.3 Å². The Morgan fingerprint density at radius 3 is 2.43 bits per heavy atom. The predicted molar refractivity (Wildman–Crippen MR) is 106 cm³/mol.